The third-order valence-corrected chi connectivity index (χ3v) is 4.66. The van der Waals surface area contributed by atoms with E-state index in [-0.39, 0.29) is 18.9 Å². The lowest BCUT2D eigenvalue weighted by Crippen LogP contribution is -2.49. The molecule has 0 spiro atoms. The fourth-order valence-corrected chi connectivity index (χ4v) is 3.19. The van der Waals surface area contributed by atoms with E-state index >= 15 is 0 Å². The number of nitrogens with one attached hydrogen (secondary N) is 1. The predicted molar refractivity (Wildman–Crippen MR) is 110 cm³/mol. The molecule has 1 aromatic rings. The number of benzene rings is 1. The van der Waals surface area contributed by atoms with Crippen molar-refractivity contribution in [1.29, 1.82) is 0 Å². The van der Waals surface area contributed by atoms with Crippen LogP contribution < -0.4 is 16.9 Å². The number of carbonyl (C=O) groups excluding carboxylic acids is 3. The molecule has 1 unspecified atom stereocenters. The fraction of sp³-hybridized carbons (Fsp3) is 0.571. The molecule has 6 N–H and O–H groups in total. The summed E-state index contributed by atoms with van der Waals surface area (Å²) in [5.41, 5.74) is 13.9. The van der Waals surface area contributed by atoms with E-state index in [0.717, 1.165) is 16.9 Å². The van der Waals surface area contributed by atoms with Crippen LogP contribution in [0, 0.1) is 11.8 Å². The highest BCUT2D eigenvalue weighted by Crippen LogP contribution is 2.21. The van der Waals surface area contributed by atoms with E-state index in [1.807, 2.05) is 44.2 Å². The van der Waals surface area contributed by atoms with Crippen LogP contribution in [0.4, 0.5) is 0 Å². The summed E-state index contributed by atoms with van der Waals surface area (Å²) in [5.74, 6) is -2.18. The first-order chi connectivity index (χ1) is 13.8. The molecule has 8 heteroatoms. The van der Waals surface area contributed by atoms with Gasteiger partial charge in [0.05, 0.1) is 12.6 Å². The maximum absolute atomic E-state index is 13.3. The van der Waals surface area contributed by atoms with Crippen LogP contribution in [0.5, 0.6) is 0 Å². The number of hydrogen-bond acceptors (Lipinski definition) is 6. The number of rotatable bonds is 12. The average molecular weight is 407 g/mol. The predicted octanol–water partition coefficient (Wildman–Crippen LogP) is 1.56. The van der Waals surface area contributed by atoms with E-state index in [2.05, 4.69) is 0 Å². The standard InChI is InChI=1S/C21H34N4O4/c1-15(2)12-17(13-19(26)24-29)20(27)25(14-16-8-4-3-5-9-16)21(28)18(23)10-6-7-11-22/h3-5,8-9,15,17-18,29H,6-7,10-14,22-23H2,1-2H3,(H,24,26)/t17?,18-/m0/s1. The molecule has 3 amide bonds. The molecule has 0 bridgehead atoms. The number of imide groups is 1. The molecule has 0 saturated carbocycles. The van der Waals surface area contributed by atoms with E-state index in [1.54, 1.807) is 5.48 Å². The molecular formula is C21H34N4O4. The summed E-state index contributed by atoms with van der Waals surface area (Å²) in [6, 6.07) is 8.34. The van der Waals surface area contributed by atoms with Gasteiger partial charge in [-0.15, -0.1) is 0 Å². The molecule has 0 aromatic heterocycles. The zero-order valence-corrected chi connectivity index (χ0v) is 17.3. The van der Waals surface area contributed by atoms with Crippen LogP contribution in [0.15, 0.2) is 30.3 Å². The van der Waals surface area contributed by atoms with E-state index in [9.17, 15) is 14.4 Å². The second-order valence-corrected chi connectivity index (χ2v) is 7.70. The topological polar surface area (TPSA) is 139 Å². The van der Waals surface area contributed by atoms with Crippen LogP contribution in [0.1, 0.15) is 51.5 Å². The highest BCUT2D eigenvalue weighted by Gasteiger charge is 2.33. The van der Waals surface area contributed by atoms with Gasteiger partial charge in [0.2, 0.25) is 17.7 Å². The van der Waals surface area contributed by atoms with Gasteiger partial charge in [0, 0.05) is 12.3 Å². The van der Waals surface area contributed by atoms with Crippen molar-refractivity contribution in [2.24, 2.45) is 23.3 Å². The largest absolute Gasteiger partial charge is 0.330 e. The van der Waals surface area contributed by atoms with Crippen molar-refractivity contribution < 1.29 is 19.6 Å². The Kier molecular flexibility index (Phi) is 11.1. The van der Waals surface area contributed by atoms with Gasteiger partial charge in [0.15, 0.2) is 0 Å². The Morgan fingerprint density at radius 2 is 1.76 bits per heavy atom. The Morgan fingerprint density at radius 1 is 1.10 bits per heavy atom. The summed E-state index contributed by atoms with van der Waals surface area (Å²) in [6.45, 7) is 4.46. The Bertz CT molecular complexity index is 651. The summed E-state index contributed by atoms with van der Waals surface area (Å²) in [5, 5.41) is 8.87. The number of hydrogen-bond donors (Lipinski definition) is 4. The molecule has 0 saturated heterocycles. The van der Waals surface area contributed by atoms with E-state index in [1.165, 1.54) is 0 Å². The molecular weight excluding hydrogens is 372 g/mol. The van der Waals surface area contributed by atoms with Crippen LogP contribution in [0.3, 0.4) is 0 Å². The molecule has 2 atom stereocenters. The summed E-state index contributed by atoms with van der Waals surface area (Å²) in [6.07, 6.45) is 2.08. The first-order valence-electron chi connectivity index (χ1n) is 10.1. The van der Waals surface area contributed by atoms with Gasteiger partial charge >= 0.3 is 0 Å². The minimum Gasteiger partial charge on any atom is -0.330 e. The van der Waals surface area contributed by atoms with E-state index in [4.69, 9.17) is 16.7 Å². The molecule has 0 heterocycles. The number of nitrogens with zero attached hydrogens (tertiary/aromatic N) is 1. The van der Waals surface area contributed by atoms with Crippen LogP contribution in [-0.4, -0.2) is 40.4 Å². The number of nitrogens with two attached hydrogens (primary N) is 2. The minimum atomic E-state index is -0.819. The van der Waals surface area contributed by atoms with Crippen molar-refractivity contribution in [3.8, 4) is 0 Å². The van der Waals surface area contributed by atoms with E-state index in [0.29, 0.717) is 25.8 Å². The first-order valence-corrected chi connectivity index (χ1v) is 10.1. The Balaban J connectivity index is 3.09. The summed E-state index contributed by atoms with van der Waals surface area (Å²) >= 11 is 0. The van der Waals surface area contributed by atoms with E-state index < -0.39 is 29.7 Å². The zero-order chi connectivity index (χ0) is 21.8. The van der Waals surface area contributed by atoms with Crippen molar-refractivity contribution >= 4 is 17.7 Å². The lowest BCUT2D eigenvalue weighted by Gasteiger charge is -2.28. The summed E-state index contributed by atoms with van der Waals surface area (Å²) < 4.78 is 0. The van der Waals surface area contributed by atoms with Gasteiger partial charge in [-0.2, -0.15) is 0 Å². The Labute approximate surface area is 172 Å². The smallest absolute Gasteiger partial charge is 0.246 e. The molecule has 8 nitrogen and oxygen atoms in total. The summed E-state index contributed by atoms with van der Waals surface area (Å²) in [4.78, 5) is 39.2. The van der Waals surface area contributed by atoms with Crippen LogP contribution in [0.2, 0.25) is 0 Å². The van der Waals surface area contributed by atoms with Gasteiger partial charge in [-0.05, 0) is 37.3 Å². The monoisotopic (exact) mass is 406 g/mol. The van der Waals surface area contributed by atoms with Gasteiger partial charge in [-0.1, -0.05) is 50.6 Å². The molecule has 1 rings (SSSR count). The molecule has 0 radical (unpaired) electrons. The van der Waals surface area contributed by atoms with Crippen molar-refractivity contribution in [2.75, 3.05) is 6.54 Å². The van der Waals surface area contributed by atoms with Crippen molar-refractivity contribution in [3.63, 3.8) is 0 Å². The van der Waals surface area contributed by atoms with Gasteiger partial charge in [-0.25, -0.2) is 5.48 Å². The lowest BCUT2D eigenvalue weighted by atomic mass is 9.92. The number of hydroxylamine groups is 1. The second-order valence-electron chi connectivity index (χ2n) is 7.70. The van der Waals surface area contributed by atoms with Crippen LogP contribution in [-0.2, 0) is 20.9 Å². The van der Waals surface area contributed by atoms with Crippen LogP contribution >= 0.6 is 0 Å². The van der Waals surface area contributed by atoms with Crippen molar-refractivity contribution in [2.45, 2.75) is 58.5 Å². The van der Waals surface area contributed by atoms with Gasteiger partial charge in [-0.3, -0.25) is 24.5 Å². The van der Waals surface area contributed by atoms with Crippen LogP contribution in [0.25, 0.3) is 0 Å². The van der Waals surface area contributed by atoms with Gasteiger partial charge in [0.25, 0.3) is 0 Å². The quantitative estimate of drug-likeness (QED) is 0.236. The highest BCUT2D eigenvalue weighted by atomic mass is 16.5. The zero-order valence-electron chi connectivity index (χ0n) is 17.3. The normalized spacial score (nSPS) is 13.0. The molecule has 0 aliphatic heterocycles. The molecule has 1 aromatic carbocycles. The highest BCUT2D eigenvalue weighted by molar-refractivity contribution is 5.99. The van der Waals surface area contributed by atoms with Gasteiger partial charge in [0.1, 0.15) is 0 Å². The second kappa shape index (κ2) is 13.0. The molecule has 0 aliphatic rings. The third-order valence-electron chi connectivity index (χ3n) is 4.66. The van der Waals surface area contributed by atoms with Crippen molar-refractivity contribution in [3.05, 3.63) is 35.9 Å². The maximum atomic E-state index is 13.3. The average Bonchev–Trinajstić information content (AvgIpc) is 2.70. The summed E-state index contributed by atoms with van der Waals surface area (Å²) in [7, 11) is 0. The number of amides is 3. The maximum Gasteiger partial charge on any atom is 0.246 e. The third kappa shape index (κ3) is 8.72. The number of unbranched alkanes of at least 4 members (excludes halogenated alkanes) is 1. The number of carbonyl (C=O) groups is 3. The molecule has 0 aliphatic carbocycles. The Hall–Kier alpha value is -2.29. The lowest BCUT2D eigenvalue weighted by molar-refractivity contribution is -0.151. The molecule has 29 heavy (non-hydrogen) atoms. The SMILES string of the molecule is CC(C)CC(CC(=O)NO)C(=O)N(Cc1ccccc1)C(=O)[C@@H](N)CCCCN. The molecule has 0 fully saturated rings. The molecule has 162 valence electrons. The van der Waals surface area contributed by atoms with Crippen molar-refractivity contribution in [1.82, 2.24) is 10.4 Å². The minimum absolute atomic E-state index is 0.0818. The Morgan fingerprint density at radius 3 is 2.31 bits per heavy atom. The fourth-order valence-electron chi connectivity index (χ4n) is 3.19. The first kappa shape index (κ1) is 24.7. The van der Waals surface area contributed by atoms with Gasteiger partial charge < -0.3 is 11.5 Å².